The molecule has 1 unspecified atom stereocenters. The van der Waals surface area contributed by atoms with Crippen LogP contribution in [0.5, 0.6) is 0 Å². The molecule has 3 saturated heterocycles. The Kier molecular flexibility index (Phi) is 6.43. The largest absolute Gasteiger partial charge is 0.381 e. The van der Waals surface area contributed by atoms with Crippen molar-refractivity contribution >= 4 is 50.9 Å². The summed E-state index contributed by atoms with van der Waals surface area (Å²) in [6, 6.07) is 3.44. The number of hydrogen-bond donors (Lipinski definition) is 1. The van der Waals surface area contributed by atoms with Gasteiger partial charge >= 0.3 is 0 Å². The highest BCUT2D eigenvalue weighted by Crippen LogP contribution is 2.38. The van der Waals surface area contributed by atoms with Crippen molar-refractivity contribution in [2.45, 2.75) is 31.0 Å². The van der Waals surface area contributed by atoms with Crippen LogP contribution in [0, 0.1) is 0 Å². The van der Waals surface area contributed by atoms with E-state index in [2.05, 4.69) is 5.32 Å². The highest BCUT2D eigenvalue weighted by Gasteiger charge is 2.59. The summed E-state index contributed by atoms with van der Waals surface area (Å²) in [6.45, 7) is 3.25. The van der Waals surface area contributed by atoms with Gasteiger partial charge < -0.3 is 14.5 Å². The van der Waals surface area contributed by atoms with Crippen molar-refractivity contribution in [2.24, 2.45) is 0 Å². The first kappa shape index (κ1) is 23.7. The van der Waals surface area contributed by atoms with Crippen molar-refractivity contribution < 1.29 is 22.7 Å². The van der Waals surface area contributed by atoms with E-state index < -0.39 is 15.7 Å². The van der Waals surface area contributed by atoms with Gasteiger partial charge in [-0.15, -0.1) is 11.3 Å². The maximum atomic E-state index is 13.1. The molecule has 3 aliphatic heterocycles. The quantitative estimate of drug-likeness (QED) is 0.649. The molecule has 1 aromatic rings. The van der Waals surface area contributed by atoms with E-state index in [1.165, 1.54) is 28.8 Å². The SMILES string of the molecule is COCC12CN(S(=O)(=O)/C=C/c3ccc(Cl)s3)CC(=O)N1CC1(CCN(C(C)=O)CC1)N2. The van der Waals surface area contributed by atoms with Gasteiger partial charge in [0.15, 0.2) is 0 Å². The van der Waals surface area contributed by atoms with Crippen molar-refractivity contribution in [1.29, 1.82) is 0 Å². The highest BCUT2D eigenvalue weighted by molar-refractivity contribution is 7.92. The first-order chi connectivity index (χ1) is 15.1. The zero-order valence-electron chi connectivity index (χ0n) is 18.0. The lowest BCUT2D eigenvalue weighted by Gasteiger charge is -2.45. The standard InChI is InChI=1S/C20H27ClN4O5S2/c1-15(26)23-8-6-19(7-9-23)12-25-18(27)11-24(13-20(25,22-19)14-30-2)32(28,29)10-5-16-3-4-17(21)31-16/h3-5,10,22H,6-9,11-14H2,1-2H3/b10-5+. The highest BCUT2D eigenvalue weighted by atomic mass is 35.5. The van der Waals surface area contributed by atoms with E-state index in [0.29, 0.717) is 41.7 Å². The molecule has 2 amide bonds. The van der Waals surface area contributed by atoms with Crippen molar-refractivity contribution in [2.75, 3.05) is 46.4 Å². The molecule has 4 rings (SSSR count). The summed E-state index contributed by atoms with van der Waals surface area (Å²) in [5.74, 6) is -0.225. The summed E-state index contributed by atoms with van der Waals surface area (Å²) in [4.78, 5) is 29.1. The van der Waals surface area contributed by atoms with Crippen LogP contribution < -0.4 is 5.32 Å². The second-order valence-corrected chi connectivity index (χ2v) is 12.2. The molecule has 1 atom stereocenters. The third kappa shape index (κ3) is 4.46. The van der Waals surface area contributed by atoms with Crippen molar-refractivity contribution in [3.05, 3.63) is 26.8 Å². The van der Waals surface area contributed by atoms with E-state index in [4.69, 9.17) is 16.3 Å². The Bertz CT molecular complexity index is 1030. The number of amides is 2. The molecule has 3 aliphatic rings. The van der Waals surface area contributed by atoms with Gasteiger partial charge in [-0.1, -0.05) is 11.6 Å². The zero-order valence-corrected chi connectivity index (χ0v) is 20.4. The molecular formula is C20H27ClN4O5S2. The van der Waals surface area contributed by atoms with Gasteiger partial charge in [0.1, 0.15) is 5.66 Å². The van der Waals surface area contributed by atoms with E-state index in [1.807, 2.05) is 0 Å². The number of piperazine rings is 1. The molecule has 0 aromatic carbocycles. The minimum Gasteiger partial charge on any atom is -0.381 e. The number of methoxy groups -OCH3 is 1. The van der Waals surface area contributed by atoms with Crippen LogP contribution in [-0.2, 0) is 24.3 Å². The number of halogens is 1. The van der Waals surface area contributed by atoms with Gasteiger partial charge in [0.05, 0.1) is 24.0 Å². The average Bonchev–Trinajstić information content (AvgIpc) is 3.28. The number of rotatable bonds is 5. The summed E-state index contributed by atoms with van der Waals surface area (Å²) >= 11 is 7.20. The number of hydrogen-bond acceptors (Lipinski definition) is 7. The van der Waals surface area contributed by atoms with Crippen molar-refractivity contribution in [3.63, 3.8) is 0 Å². The molecule has 0 aliphatic carbocycles. The summed E-state index contributed by atoms with van der Waals surface area (Å²) in [5, 5.41) is 4.71. The summed E-state index contributed by atoms with van der Waals surface area (Å²) < 4.78 is 33.3. The number of fused-ring (bicyclic) bond motifs is 1. The Hall–Kier alpha value is -1.50. The lowest BCUT2D eigenvalue weighted by Crippen LogP contribution is -2.70. The number of carbonyl (C=O) groups is 2. The molecular weight excluding hydrogens is 476 g/mol. The Labute approximate surface area is 197 Å². The summed E-state index contributed by atoms with van der Waals surface area (Å²) in [6.07, 6.45) is 2.87. The Morgan fingerprint density at radius 1 is 1.31 bits per heavy atom. The molecule has 3 fully saturated rings. The van der Waals surface area contributed by atoms with Crippen molar-refractivity contribution in [3.8, 4) is 0 Å². The van der Waals surface area contributed by atoms with Gasteiger partial charge in [-0.3, -0.25) is 14.9 Å². The Morgan fingerprint density at radius 3 is 2.62 bits per heavy atom. The monoisotopic (exact) mass is 502 g/mol. The molecule has 32 heavy (non-hydrogen) atoms. The van der Waals surface area contributed by atoms with Gasteiger partial charge in [0.25, 0.3) is 0 Å². The maximum absolute atomic E-state index is 13.1. The fraction of sp³-hybridized carbons (Fsp3) is 0.600. The molecule has 4 heterocycles. The minimum atomic E-state index is -3.84. The van der Waals surface area contributed by atoms with Crippen molar-refractivity contribution in [1.82, 2.24) is 19.4 Å². The van der Waals surface area contributed by atoms with Crippen LogP contribution in [0.15, 0.2) is 17.5 Å². The maximum Gasteiger partial charge on any atom is 0.239 e. The normalized spacial score (nSPS) is 26.3. The van der Waals surface area contributed by atoms with Gasteiger partial charge in [0.2, 0.25) is 21.8 Å². The number of nitrogens with one attached hydrogen (secondary N) is 1. The van der Waals surface area contributed by atoms with Crippen LogP contribution in [-0.4, -0.2) is 92.0 Å². The number of sulfonamides is 1. The van der Waals surface area contributed by atoms with E-state index >= 15 is 0 Å². The van der Waals surface area contributed by atoms with Crippen LogP contribution in [0.3, 0.4) is 0 Å². The number of thiophene rings is 1. The van der Waals surface area contributed by atoms with Crippen LogP contribution in [0.25, 0.3) is 6.08 Å². The Morgan fingerprint density at radius 2 is 2.03 bits per heavy atom. The van der Waals surface area contributed by atoms with Gasteiger partial charge in [-0.05, 0) is 31.1 Å². The van der Waals surface area contributed by atoms with Crippen LogP contribution in [0.4, 0.5) is 0 Å². The molecule has 176 valence electrons. The lowest BCUT2D eigenvalue weighted by molar-refractivity contribution is -0.144. The van der Waals surface area contributed by atoms with Crippen LogP contribution in [0.1, 0.15) is 24.6 Å². The zero-order chi connectivity index (χ0) is 23.1. The number of ether oxygens (including phenoxy) is 1. The molecule has 0 radical (unpaired) electrons. The predicted octanol–water partition coefficient (Wildman–Crippen LogP) is 1.17. The first-order valence-electron chi connectivity index (χ1n) is 10.4. The second-order valence-electron chi connectivity index (χ2n) is 8.61. The smallest absolute Gasteiger partial charge is 0.239 e. The fourth-order valence-electron chi connectivity index (χ4n) is 4.86. The third-order valence-electron chi connectivity index (χ3n) is 6.43. The number of piperidine rings is 1. The van der Waals surface area contributed by atoms with E-state index in [9.17, 15) is 18.0 Å². The van der Waals surface area contributed by atoms with E-state index in [-0.39, 0.29) is 37.0 Å². The minimum absolute atomic E-state index is 0.0364. The molecule has 0 saturated carbocycles. The second kappa shape index (κ2) is 8.69. The number of carbonyl (C=O) groups excluding carboxylic acids is 2. The number of nitrogens with zero attached hydrogens (tertiary/aromatic N) is 3. The average molecular weight is 503 g/mol. The lowest BCUT2D eigenvalue weighted by atomic mass is 9.88. The third-order valence-corrected chi connectivity index (χ3v) is 9.09. The molecule has 12 heteroatoms. The topological polar surface area (TPSA) is 99.3 Å². The molecule has 9 nitrogen and oxygen atoms in total. The van der Waals surface area contributed by atoms with E-state index in [0.717, 1.165) is 5.41 Å². The van der Waals surface area contributed by atoms with Crippen LogP contribution >= 0.6 is 22.9 Å². The fourth-order valence-corrected chi connectivity index (χ4v) is 7.08. The van der Waals surface area contributed by atoms with Crippen LogP contribution in [0.2, 0.25) is 4.34 Å². The van der Waals surface area contributed by atoms with Gasteiger partial charge in [-0.2, -0.15) is 4.31 Å². The first-order valence-corrected chi connectivity index (χ1v) is 13.1. The molecule has 1 N–H and O–H groups in total. The van der Waals surface area contributed by atoms with Gasteiger partial charge in [0, 0.05) is 49.5 Å². The number of likely N-dealkylation sites (tertiary alicyclic amines) is 1. The van der Waals surface area contributed by atoms with Gasteiger partial charge in [-0.25, -0.2) is 8.42 Å². The van der Waals surface area contributed by atoms with E-state index in [1.54, 1.807) is 28.9 Å². The molecule has 0 bridgehead atoms. The predicted molar refractivity (Wildman–Crippen MR) is 123 cm³/mol. The summed E-state index contributed by atoms with van der Waals surface area (Å²) in [7, 11) is -2.30. The molecule has 1 spiro atoms. The molecule has 1 aromatic heterocycles. The summed E-state index contributed by atoms with van der Waals surface area (Å²) in [5.41, 5.74) is -1.32. The Balaban J connectivity index is 1.56.